The third kappa shape index (κ3) is 3.90. The van der Waals surface area contributed by atoms with E-state index < -0.39 is 0 Å². The Bertz CT molecular complexity index is 664. The molecule has 6 nitrogen and oxygen atoms in total. The Morgan fingerprint density at radius 2 is 2.00 bits per heavy atom. The van der Waals surface area contributed by atoms with Crippen molar-refractivity contribution in [2.45, 2.75) is 0 Å². The minimum absolute atomic E-state index is 0.194. The highest BCUT2D eigenvalue weighted by Gasteiger charge is 2.10. The van der Waals surface area contributed by atoms with Crippen LogP contribution >= 0.6 is 11.3 Å². The van der Waals surface area contributed by atoms with Gasteiger partial charge in [0.25, 0.3) is 11.8 Å². The summed E-state index contributed by atoms with van der Waals surface area (Å²) in [5.74, 6) is -0.535. The van der Waals surface area contributed by atoms with Crippen molar-refractivity contribution >= 4 is 34.0 Å². The van der Waals surface area contributed by atoms with E-state index in [4.69, 9.17) is 5.73 Å². The van der Waals surface area contributed by atoms with E-state index in [-0.39, 0.29) is 17.5 Å². The van der Waals surface area contributed by atoms with Gasteiger partial charge in [-0.15, -0.1) is 17.9 Å². The van der Waals surface area contributed by atoms with E-state index in [1.807, 2.05) is 0 Å². The van der Waals surface area contributed by atoms with E-state index in [0.29, 0.717) is 22.9 Å². The van der Waals surface area contributed by atoms with Crippen LogP contribution in [-0.2, 0) is 0 Å². The zero-order chi connectivity index (χ0) is 15.2. The molecule has 7 heteroatoms. The highest BCUT2D eigenvalue weighted by Crippen LogP contribution is 2.14. The molecule has 0 aliphatic carbocycles. The molecule has 2 amide bonds. The van der Waals surface area contributed by atoms with E-state index in [1.54, 1.807) is 35.7 Å². The van der Waals surface area contributed by atoms with Gasteiger partial charge in [-0.25, -0.2) is 4.98 Å². The highest BCUT2D eigenvalue weighted by atomic mass is 32.1. The van der Waals surface area contributed by atoms with E-state index in [9.17, 15) is 9.59 Å². The van der Waals surface area contributed by atoms with Crippen molar-refractivity contribution in [3.05, 3.63) is 53.6 Å². The summed E-state index contributed by atoms with van der Waals surface area (Å²) in [6, 6.07) is 6.56. The summed E-state index contributed by atoms with van der Waals surface area (Å²) in [6.45, 7) is 3.93. The molecule has 0 unspecified atom stereocenters. The number of rotatable bonds is 5. The van der Waals surface area contributed by atoms with Crippen molar-refractivity contribution in [1.82, 2.24) is 10.3 Å². The maximum Gasteiger partial charge on any atom is 0.275 e. The first kappa shape index (κ1) is 14.7. The Hall–Kier alpha value is -2.67. The molecular weight excluding hydrogens is 288 g/mol. The third-order valence-electron chi connectivity index (χ3n) is 2.57. The Kier molecular flexibility index (Phi) is 4.68. The van der Waals surface area contributed by atoms with Crippen molar-refractivity contribution in [2.75, 3.05) is 17.6 Å². The quantitative estimate of drug-likeness (QED) is 0.735. The van der Waals surface area contributed by atoms with Crippen LogP contribution in [0.3, 0.4) is 0 Å². The Balaban J connectivity index is 2.00. The maximum atomic E-state index is 11.9. The molecule has 21 heavy (non-hydrogen) atoms. The van der Waals surface area contributed by atoms with Crippen LogP contribution in [0.4, 0.5) is 10.8 Å². The lowest BCUT2D eigenvalue weighted by atomic mass is 10.2. The van der Waals surface area contributed by atoms with Crippen molar-refractivity contribution in [1.29, 1.82) is 0 Å². The van der Waals surface area contributed by atoms with Crippen LogP contribution in [0.2, 0.25) is 0 Å². The average Bonchev–Trinajstić information content (AvgIpc) is 2.92. The van der Waals surface area contributed by atoms with Gasteiger partial charge in [0.2, 0.25) is 0 Å². The molecule has 0 saturated heterocycles. The maximum absolute atomic E-state index is 11.9. The number of amides is 2. The molecule has 2 aromatic rings. The first-order chi connectivity index (χ1) is 10.1. The van der Waals surface area contributed by atoms with Gasteiger partial charge in [0.15, 0.2) is 5.13 Å². The number of nitrogen functional groups attached to an aromatic ring is 1. The molecular formula is C14H14N4O2S. The second-order valence-electron chi connectivity index (χ2n) is 4.10. The van der Waals surface area contributed by atoms with Crippen LogP contribution < -0.4 is 16.4 Å². The van der Waals surface area contributed by atoms with Crippen molar-refractivity contribution in [3.63, 3.8) is 0 Å². The second kappa shape index (κ2) is 6.67. The Morgan fingerprint density at radius 3 is 2.57 bits per heavy atom. The molecule has 1 aromatic heterocycles. The van der Waals surface area contributed by atoms with Gasteiger partial charge in [-0.05, 0) is 24.3 Å². The Labute approximate surface area is 125 Å². The van der Waals surface area contributed by atoms with Gasteiger partial charge in [-0.1, -0.05) is 6.08 Å². The van der Waals surface area contributed by atoms with Crippen molar-refractivity contribution in [2.24, 2.45) is 0 Å². The molecule has 108 valence electrons. The number of thiazole rings is 1. The number of nitrogens with one attached hydrogen (secondary N) is 2. The standard InChI is InChI=1S/C14H14N4O2S/c1-2-7-16-12(19)9-3-5-10(6-4-9)17-13(20)11-8-21-14(15)18-11/h2-6,8H,1,7H2,(H2,15,18)(H,16,19)(H,17,20). The normalized spacial score (nSPS) is 9.90. The van der Waals surface area contributed by atoms with Gasteiger partial charge in [-0.2, -0.15) is 0 Å². The summed E-state index contributed by atoms with van der Waals surface area (Å²) < 4.78 is 0. The highest BCUT2D eigenvalue weighted by molar-refractivity contribution is 7.13. The minimum Gasteiger partial charge on any atom is -0.375 e. The van der Waals surface area contributed by atoms with Gasteiger partial charge in [0.05, 0.1) is 0 Å². The molecule has 0 bridgehead atoms. The predicted octanol–water partition coefficient (Wildman–Crippen LogP) is 1.89. The number of carbonyl (C=O) groups excluding carboxylic acids is 2. The number of anilines is 2. The third-order valence-corrected chi connectivity index (χ3v) is 3.24. The van der Waals surface area contributed by atoms with Crippen LogP contribution in [-0.4, -0.2) is 23.3 Å². The zero-order valence-electron chi connectivity index (χ0n) is 11.1. The number of carbonyl (C=O) groups is 2. The largest absolute Gasteiger partial charge is 0.375 e. The average molecular weight is 302 g/mol. The van der Waals surface area contributed by atoms with Gasteiger partial charge in [0.1, 0.15) is 5.69 Å². The molecule has 0 radical (unpaired) electrons. The molecule has 0 atom stereocenters. The molecule has 0 spiro atoms. The van der Waals surface area contributed by atoms with Crippen LogP contribution in [0.5, 0.6) is 0 Å². The van der Waals surface area contributed by atoms with E-state index in [2.05, 4.69) is 22.2 Å². The first-order valence-corrected chi connectivity index (χ1v) is 6.99. The Morgan fingerprint density at radius 1 is 1.29 bits per heavy atom. The number of nitrogens with zero attached hydrogens (tertiary/aromatic N) is 1. The summed E-state index contributed by atoms with van der Waals surface area (Å²) in [7, 11) is 0. The fourth-order valence-electron chi connectivity index (χ4n) is 1.56. The molecule has 0 saturated carbocycles. The minimum atomic E-state index is -0.341. The predicted molar refractivity (Wildman–Crippen MR) is 83.5 cm³/mol. The van der Waals surface area contributed by atoms with Crippen LogP contribution in [0.15, 0.2) is 42.3 Å². The summed E-state index contributed by atoms with van der Waals surface area (Å²) >= 11 is 1.20. The van der Waals surface area contributed by atoms with Gasteiger partial charge < -0.3 is 16.4 Å². The van der Waals surface area contributed by atoms with Crippen molar-refractivity contribution < 1.29 is 9.59 Å². The summed E-state index contributed by atoms with van der Waals surface area (Å²) in [5, 5.41) is 7.28. The summed E-state index contributed by atoms with van der Waals surface area (Å²) in [6.07, 6.45) is 1.60. The van der Waals surface area contributed by atoms with E-state index in [1.165, 1.54) is 11.3 Å². The number of hydrogen-bond acceptors (Lipinski definition) is 5. The molecule has 0 fully saturated rings. The number of benzene rings is 1. The number of aromatic nitrogens is 1. The molecule has 2 rings (SSSR count). The smallest absolute Gasteiger partial charge is 0.275 e. The van der Waals surface area contributed by atoms with Crippen molar-refractivity contribution in [3.8, 4) is 0 Å². The zero-order valence-corrected chi connectivity index (χ0v) is 11.9. The number of nitrogens with two attached hydrogens (primary N) is 1. The lowest BCUT2D eigenvalue weighted by molar-refractivity contribution is 0.0957. The fourth-order valence-corrected chi connectivity index (χ4v) is 2.10. The second-order valence-corrected chi connectivity index (χ2v) is 4.99. The molecule has 0 aliphatic heterocycles. The van der Waals surface area contributed by atoms with Gasteiger partial charge in [0, 0.05) is 23.2 Å². The summed E-state index contributed by atoms with van der Waals surface area (Å²) in [4.78, 5) is 27.5. The van der Waals surface area contributed by atoms with Gasteiger partial charge in [-0.3, -0.25) is 9.59 Å². The van der Waals surface area contributed by atoms with Crippen LogP contribution in [0, 0.1) is 0 Å². The molecule has 1 aromatic carbocycles. The summed E-state index contributed by atoms with van der Waals surface area (Å²) in [5.41, 5.74) is 6.83. The molecule has 1 heterocycles. The number of hydrogen-bond donors (Lipinski definition) is 3. The molecule has 4 N–H and O–H groups in total. The van der Waals surface area contributed by atoms with Crippen LogP contribution in [0.25, 0.3) is 0 Å². The van der Waals surface area contributed by atoms with Gasteiger partial charge >= 0.3 is 0 Å². The van der Waals surface area contributed by atoms with Crippen LogP contribution in [0.1, 0.15) is 20.8 Å². The molecule has 0 aliphatic rings. The SMILES string of the molecule is C=CCNC(=O)c1ccc(NC(=O)c2csc(N)n2)cc1. The topological polar surface area (TPSA) is 97.1 Å². The van der Waals surface area contributed by atoms with E-state index in [0.717, 1.165) is 0 Å². The lowest BCUT2D eigenvalue weighted by Gasteiger charge is -2.05. The monoisotopic (exact) mass is 302 g/mol. The lowest BCUT2D eigenvalue weighted by Crippen LogP contribution is -2.23. The first-order valence-electron chi connectivity index (χ1n) is 6.11. The van der Waals surface area contributed by atoms with E-state index >= 15 is 0 Å². The fraction of sp³-hybridized carbons (Fsp3) is 0.0714.